The summed E-state index contributed by atoms with van der Waals surface area (Å²) in [5.41, 5.74) is -2.45. The van der Waals surface area contributed by atoms with E-state index in [-0.39, 0.29) is 24.0 Å². The van der Waals surface area contributed by atoms with Gasteiger partial charge in [0, 0.05) is 23.2 Å². The number of aliphatic hydroxyl groups excluding tert-OH is 2. The predicted octanol–water partition coefficient (Wildman–Crippen LogP) is 1.14. The highest BCUT2D eigenvalue weighted by Gasteiger charge is 2.89. The zero-order chi connectivity index (χ0) is 21.6. The zero-order valence-electron chi connectivity index (χ0n) is 18.1. The van der Waals surface area contributed by atoms with Gasteiger partial charge in [-0.05, 0) is 44.1 Å². The van der Waals surface area contributed by atoms with Crippen LogP contribution in [0.2, 0.25) is 0 Å². The van der Waals surface area contributed by atoms with Gasteiger partial charge in [-0.25, -0.2) is 0 Å². The largest absolute Gasteiger partial charge is 0.391 e. The van der Waals surface area contributed by atoms with Gasteiger partial charge in [-0.2, -0.15) is 0 Å². The van der Waals surface area contributed by atoms with E-state index in [4.69, 9.17) is 14.2 Å². The molecule has 7 nitrogen and oxygen atoms in total. The molecule has 7 rings (SSSR count). The van der Waals surface area contributed by atoms with Crippen LogP contribution in [0.5, 0.6) is 0 Å². The predicted molar refractivity (Wildman–Crippen MR) is 104 cm³/mol. The molecule has 10 atom stereocenters. The van der Waals surface area contributed by atoms with Gasteiger partial charge in [-0.15, -0.1) is 0 Å². The molecule has 0 amide bonds. The lowest BCUT2D eigenvalue weighted by molar-refractivity contribution is -0.460. The third-order valence-electron chi connectivity index (χ3n) is 9.67. The maximum Gasteiger partial charge on any atom is 0.208 e. The average Bonchev–Trinajstić information content (AvgIpc) is 2.74. The van der Waals surface area contributed by atoms with E-state index < -0.39 is 58.3 Å². The van der Waals surface area contributed by atoms with Crippen molar-refractivity contribution in [3.8, 4) is 0 Å². The standard InChI is InChI=1S/C23H32O7/c1-10-11-8-12-14-21-9-28-23(27,22(14,16(10)24)17(11)25)18(26)15(21)19(2,3)7-6-13(21)30-20(4,5)29-12/h11-15,17-18,25-27H,1,6-9H2,2-5H3/t11-,12+,13+,14+,15-,17-,18+,21+,22-,23-/m1/s1. The Labute approximate surface area is 176 Å². The van der Waals surface area contributed by atoms with Crippen molar-refractivity contribution in [3.63, 3.8) is 0 Å². The number of ketones is 1. The Kier molecular flexibility index (Phi) is 3.44. The van der Waals surface area contributed by atoms with E-state index in [0.717, 1.165) is 12.8 Å². The summed E-state index contributed by atoms with van der Waals surface area (Å²) in [5.74, 6) is -4.89. The van der Waals surface area contributed by atoms with Crippen LogP contribution in [0.3, 0.4) is 0 Å². The number of carbonyl (C=O) groups excluding carboxylic acids is 1. The third-order valence-corrected chi connectivity index (χ3v) is 9.67. The number of hydrogen-bond acceptors (Lipinski definition) is 7. The number of hydrogen-bond donors (Lipinski definition) is 3. The first kappa shape index (κ1) is 19.8. The van der Waals surface area contributed by atoms with Crippen LogP contribution in [-0.2, 0) is 19.0 Å². The summed E-state index contributed by atoms with van der Waals surface area (Å²) in [7, 11) is 0. The minimum atomic E-state index is -2.19. The molecule has 0 aromatic rings. The van der Waals surface area contributed by atoms with Crippen LogP contribution in [-0.4, -0.2) is 63.7 Å². The number of aliphatic hydroxyl groups is 3. The van der Waals surface area contributed by atoms with Gasteiger partial charge in [0.1, 0.15) is 11.5 Å². The molecule has 3 saturated heterocycles. The highest BCUT2D eigenvalue weighted by molar-refractivity contribution is 6.05. The minimum Gasteiger partial charge on any atom is -0.391 e. The fourth-order valence-corrected chi connectivity index (χ4v) is 8.89. The van der Waals surface area contributed by atoms with Crippen LogP contribution in [0.25, 0.3) is 0 Å². The first-order chi connectivity index (χ1) is 13.8. The molecule has 4 saturated carbocycles. The van der Waals surface area contributed by atoms with Crippen molar-refractivity contribution in [2.24, 2.45) is 34.0 Å². The molecule has 166 valence electrons. The molecular formula is C23H32O7. The Morgan fingerprint density at radius 2 is 1.77 bits per heavy atom. The highest BCUT2D eigenvalue weighted by atomic mass is 16.7. The average molecular weight is 421 g/mol. The molecule has 7 fully saturated rings. The van der Waals surface area contributed by atoms with E-state index in [1.54, 1.807) is 0 Å². The molecule has 0 radical (unpaired) electrons. The number of Topliss-reactive ketones (excluding diaryl/α,β-unsaturated/α-hetero) is 1. The lowest BCUT2D eigenvalue weighted by atomic mass is 9.35. The van der Waals surface area contributed by atoms with E-state index >= 15 is 0 Å². The molecule has 3 heterocycles. The Morgan fingerprint density at radius 1 is 1.07 bits per heavy atom. The minimum absolute atomic E-state index is 0.165. The van der Waals surface area contributed by atoms with Crippen LogP contribution < -0.4 is 0 Å². The zero-order valence-corrected chi connectivity index (χ0v) is 18.1. The summed E-state index contributed by atoms with van der Waals surface area (Å²) < 4.78 is 19.1. The fraction of sp³-hybridized carbons (Fsp3) is 0.870. The molecule has 0 aromatic carbocycles. The van der Waals surface area contributed by atoms with Crippen LogP contribution >= 0.6 is 0 Å². The van der Waals surface area contributed by atoms with E-state index in [0.29, 0.717) is 12.0 Å². The van der Waals surface area contributed by atoms with Gasteiger partial charge >= 0.3 is 0 Å². The van der Waals surface area contributed by atoms with Gasteiger partial charge < -0.3 is 29.5 Å². The molecule has 7 aliphatic rings. The monoisotopic (exact) mass is 420 g/mol. The van der Waals surface area contributed by atoms with E-state index in [1.807, 2.05) is 13.8 Å². The topological polar surface area (TPSA) is 105 Å². The summed E-state index contributed by atoms with van der Waals surface area (Å²) in [6.45, 7) is 12.1. The van der Waals surface area contributed by atoms with Gasteiger partial charge in [0.05, 0.1) is 24.9 Å². The van der Waals surface area contributed by atoms with Gasteiger partial charge in [0.15, 0.2) is 11.6 Å². The van der Waals surface area contributed by atoms with Crippen molar-refractivity contribution in [1.29, 1.82) is 0 Å². The number of carbonyl (C=O) groups is 1. The molecule has 4 bridgehead atoms. The number of rotatable bonds is 0. The summed E-state index contributed by atoms with van der Waals surface area (Å²) in [6, 6.07) is 0. The van der Waals surface area contributed by atoms with Gasteiger partial charge in [-0.3, -0.25) is 4.79 Å². The summed E-state index contributed by atoms with van der Waals surface area (Å²) >= 11 is 0. The molecule has 0 unspecified atom stereocenters. The van der Waals surface area contributed by atoms with Gasteiger partial charge in [0.25, 0.3) is 0 Å². The number of fused-ring (bicyclic) bond motifs is 2. The van der Waals surface area contributed by atoms with E-state index in [9.17, 15) is 20.1 Å². The van der Waals surface area contributed by atoms with Crippen molar-refractivity contribution < 1.29 is 34.3 Å². The quantitative estimate of drug-likeness (QED) is 0.505. The maximum absolute atomic E-state index is 13.8. The fourth-order valence-electron chi connectivity index (χ4n) is 8.89. The molecule has 2 spiro atoms. The normalized spacial score (nSPS) is 59.6. The molecule has 7 heteroatoms. The smallest absolute Gasteiger partial charge is 0.208 e. The number of ether oxygens (including phenoxy) is 3. The summed E-state index contributed by atoms with van der Waals surface area (Å²) in [4.78, 5) is 13.8. The molecule has 3 aliphatic heterocycles. The first-order valence-electron chi connectivity index (χ1n) is 11.2. The van der Waals surface area contributed by atoms with Gasteiger partial charge in [0.2, 0.25) is 5.79 Å². The van der Waals surface area contributed by atoms with Crippen molar-refractivity contribution in [3.05, 3.63) is 12.2 Å². The Balaban J connectivity index is 1.70. The lowest BCUT2D eigenvalue weighted by Crippen LogP contribution is -2.87. The molecular weight excluding hydrogens is 388 g/mol. The van der Waals surface area contributed by atoms with Crippen LogP contribution in [0.4, 0.5) is 0 Å². The Bertz CT molecular complexity index is 866. The molecule has 0 aromatic heterocycles. The van der Waals surface area contributed by atoms with Crippen molar-refractivity contribution in [1.82, 2.24) is 0 Å². The maximum atomic E-state index is 13.8. The molecule has 4 aliphatic carbocycles. The van der Waals surface area contributed by atoms with Crippen LogP contribution in [0, 0.1) is 34.0 Å². The SMILES string of the molecule is C=C1C(=O)[C@]23[C@H](O)[C@@H]1C[C@@H]1OC(C)(C)O[C@H]4CCC(C)(C)[C@H]5[C@H](O)[C@@]2(O)OC[C@@]45[C@H]13. The third kappa shape index (κ3) is 1.75. The van der Waals surface area contributed by atoms with Crippen molar-refractivity contribution in [2.75, 3.05) is 6.61 Å². The second-order valence-electron chi connectivity index (χ2n) is 11.7. The van der Waals surface area contributed by atoms with E-state index in [2.05, 4.69) is 20.4 Å². The first-order valence-corrected chi connectivity index (χ1v) is 11.2. The Morgan fingerprint density at radius 3 is 2.47 bits per heavy atom. The van der Waals surface area contributed by atoms with Crippen LogP contribution in [0.15, 0.2) is 12.2 Å². The second-order valence-corrected chi connectivity index (χ2v) is 11.7. The van der Waals surface area contributed by atoms with E-state index in [1.165, 1.54) is 0 Å². The second kappa shape index (κ2) is 5.21. The van der Waals surface area contributed by atoms with Gasteiger partial charge in [-0.1, -0.05) is 20.4 Å². The molecule has 30 heavy (non-hydrogen) atoms. The summed E-state index contributed by atoms with van der Waals surface area (Å²) in [6.07, 6.45) is -1.25. The highest BCUT2D eigenvalue weighted by Crippen LogP contribution is 2.77. The summed E-state index contributed by atoms with van der Waals surface area (Å²) in [5, 5.41) is 35.1. The van der Waals surface area contributed by atoms with Crippen molar-refractivity contribution >= 4 is 5.78 Å². The van der Waals surface area contributed by atoms with Crippen molar-refractivity contribution in [2.45, 2.75) is 82.9 Å². The van der Waals surface area contributed by atoms with Crippen LogP contribution in [0.1, 0.15) is 47.0 Å². The molecule has 3 N–H and O–H groups in total. The Hall–Kier alpha value is -0.830. The lowest BCUT2D eigenvalue weighted by Gasteiger charge is -2.75.